The van der Waals surface area contributed by atoms with Crippen LogP contribution in [0.2, 0.25) is 0 Å². The third-order valence-electron chi connectivity index (χ3n) is 18.3. The van der Waals surface area contributed by atoms with Crippen molar-refractivity contribution >= 4 is 5.97 Å². The standard InChI is InChI=1S/C48H78O19/c1-21(2)15-23(51)16-47(8)40(67-47)24-9-10-28-45(6)13-12-29(44(4,5)27(45)11-14-46(28,7)48(24)17-30(52)60-20-48)64-43-39(66-41-36(58)34(56)31(53)22(3)61-41)38(33(55)26(19-50)63-43)65-42-37(59)35(57)32(54)25(18-49)62-42/h15,22-29,31-43,49-51,53-59H,9-14,16-20H2,1-8H3/t22-,23-,24+,25+,26+,27?,28+,29-,31-,32+,33+,34+,35-,36+,37+,38-,39+,40?,41-,42-,43-,45-,46+,47-,48-/m0/s1. The Bertz CT molecular complexity index is 1800. The van der Waals surface area contributed by atoms with Crippen LogP contribution in [0.25, 0.3) is 0 Å². The van der Waals surface area contributed by atoms with Gasteiger partial charge in [-0.25, -0.2) is 0 Å². The van der Waals surface area contributed by atoms with Crippen LogP contribution in [0.3, 0.4) is 0 Å². The van der Waals surface area contributed by atoms with Crippen molar-refractivity contribution in [1.82, 2.24) is 0 Å². The number of hydrogen-bond acceptors (Lipinski definition) is 19. The first-order valence-corrected chi connectivity index (χ1v) is 24.4. The monoisotopic (exact) mass is 959 g/mol. The summed E-state index contributed by atoms with van der Waals surface area (Å²) in [4.78, 5) is 13.3. The molecule has 0 bridgehead atoms. The Balaban J connectivity index is 1.07. The first-order valence-electron chi connectivity index (χ1n) is 24.4. The molecule has 8 fully saturated rings. The van der Waals surface area contributed by atoms with Crippen molar-refractivity contribution in [1.29, 1.82) is 0 Å². The molecular weight excluding hydrogens is 881 g/mol. The quantitative estimate of drug-likeness (QED) is 0.0530. The number of aliphatic hydroxyl groups excluding tert-OH is 10. The minimum absolute atomic E-state index is 0.0595. The zero-order chi connectivity index (χ0) is 48.9. The highest BCUT2D eigenvalue weighted by molar-refractivity contribution is 5.73. The van der Waals surface area contributed by atoms with Crippen LogP contribution in [0.15, 0.2) is 11.6 Å². The maximum absolute atomic E-state index is 13.3. The molecule has 0 amide bonds. The van der Waals surface area contributed by atoms with Gasteiger partial charge in [0.25, 0.3) is 0 Å². The Morgan fingerprint density at radius 2 is 1.33 bits per heavy atom. The number of aliphatic hydroxyl groups is 10. The Morgan fingerprint density at radius 1 is 0.716 bits per heavy atom. The van der Waals surface area contributed by atoms with Crippen LogP contribution < -0.4 is 0 Å². The van der Waals surface area contributed by atoms with E-state index in [1.807, 2.05) is 19.9 Å². The van der Waals surface area contributed by atoms with E-state index < -0.39 is 134 Å². The average molecular weight is 959 g/mol. The summed E-state index contributed by atoms with van der Waals surface area (Å²) in [6.07, 6.45) is -17.9. The van der Waals surface area contributed by atoms with Gasteiger partial charge in [0.05, 0.1) is 56.3 Å². The lowest BCUT2D eigenvalue weighted by Crippen LogP contribution is -2.68. The number of epoxide rings is 1. The molecule has 2 unspecified atom stereocenters. The van der Waals surface area contributed by atoms with Crippen molar-refractivity contribution in [2.75, 3.05) is 19.8 Å². The van der Waals surface area contributed by atoms with Crippen LogP contribution in [0, 0.1) is 39.4 Å². The third kappa shape index (κ3) is 8.78. The molecule has 67 heavy (non-hydrogen) atoms. The lowest BCUT2D eigenvalue weighted by molar-refractivity contribution is -0.398. The van der Waals surface area contributed by atoms with E-state index in [0.717, 1.165) is 37.7 Å². The highest BCUT2D eigenvalue weighted by Crippen LogP contribution is 2.75. The topological polar surface area (TPSA) is 297 Å². The zero-order valence-electron chi connectivity index (χ0n) is 40.1. The Morgan fingerprint density at radius 3 is 1.96 bits per heavy atom. The number of carbonyl (C=O) groups is 1. The van der Waals surface area contributed by atoms with Crippen LogP contribution in [0.5, 0.6) is 0 Å². The van der Waals surface area contributed by atoms with Crippen molar-refractivity contribution in [2.45, 2.75) is 223 Å². The highest BCUT2D eigenvalue weighted by atomic mass is 16.8. The van der Waals surface area contributed by atoms with Gasteiger partial charge in [0.1, 0.15) is 67.1 Å². The fraction of sp³-hybridized carbons (Fsp3) is 0.938. The molecule has 1 spiro atoms. The summed E-state index contributed by atoms with van der Waals surface area (Å²) in [6.45, 7) is 15.3. The van der Waals surface area contributed by atoms with E-state index in [2.05, 4.69) is 34.6 Å². The van der Waals surface area contributed by atoms with Gasteiger partial charge in [0.15, 0.2) is 18.9 Å². The van der Waals surface area contributed by atoms with E-state index in [1.54, 1.807) is 0 Å². The van der Waals surface area contributed by atoms with Crippen molar-refractivity contribution in [3.05, 3.63) is 11.6 Å². The summed E-state index contributed by atoms with van der Waals surface area (Å²) in [5.74, 6) is 0.157. The Labute approximate surface area is 392 Å². The summed E-state index contributed by atoms with van der Waals surface area (Å²) in [7, 11) is 0. The van der Waals surface area contributed by atoms with Crippen LogP contribution in [-0.4, -0.2) is 193 Å². The molecule has 10 N–H and O–H groups in total. The first kappa shape index (κ1) is 51.9. The largest absolute Gasteiger partial charge is 0.465 e. The van der Waals surface area contributed by atoms with Crippen LogP contribution in [-0.2, 0) is 42.7 Å². The number of esters is 1. The Kier molecular flexibility index (Phi) is 14.6. The molecule has 8 rings (SSSR count). The SMILES string of the molecule is CC(C)=C[C@H](O)C[C@]1(C)OC1[C@H]1CC[C@@H]2[C@@]3(C)CC[C@H](O[C@@H]4O[C@H](CO)[C@@H](O)[C@H](O[C@@H]5O[C@H](CO)[C@@H](O)[C@H](O)[C@H]5O)[C@H]4O[C@@H]4O[C@@H](C)[C@H](O)[C@@H](O)[C@H]4O)C(C)(C)C3CC[C@@]2(C)[C@@]12COC(=O)C2. The van der Waals surface area contributed by atoms with Crippen LogP contribution in [0.4, 0.5) is 0 Å². The fourth-order valence-electron chi connectivity index (χ4n) is 14.7. The molecule has 25 atom stereocenters. The molecule has 0 radical (unpaired) electrons. The lowest BCUT2D eigenvalue weighted by Gasteiger charge is -2.70. The molecular formula is C48H78O19. The molecule has 19 heteroatoms. The van der Waals surface area contributed by atoms with E-state index in [9.17, 15) is 55.9 Å². The summed E-state index contributed by atoms with van der Waals surface area (Å²) >= 11 is 0. The maximum Gasteiger partial charge on any atom is 0.306 e. The maximum atomic E-state index is 13.3. The van der Waals surface area contributed by atoms with Crippen molar-refractivity contribution in [2.24, 2.45) is 39.4 Å². The molecule has 19 nitrogen and oxygen atoms in total. The summed E-state index contributed by atoms with van der Waals surface area (Å²) in [6, 6.07) is 0. The predicted octanol–water partition coefficient (Wildman–Crippen LogP) is -0.0757. The fourth-order valence-corrected chi connectivity index (χ4v) is 14.7. The van der Waals surface area contributed by atoms with Crippen LogP contribution in [0.1, 0.15) is 107 Å². The molecule has 3 saturated carbocycles. The average Bonchev–Trinajstić information content (AvgIpc) is 3.74. The van der Waals surface area contributed by atoms with E-state index in [1.165, 1.54) is 6.92 Å². The minimum Gasteiger partial charge on any atom is -0.465 e. The number of cyclic esters (lactones) is 1. The van der Waals surface area contributed by atoms with Gasteiger partial charge in [0, 0.05) is 11.8 Å². The number of fused-ring (bicyclic) bond motifs is 4. The van der Waals surface area contributed by atoms with E-state index in [4.69, 9.17) is 37.9 Å². The molecule has 384 valence electrons. The van der Waals surface area contributed by atoms with Gasteiger partial charge < -0.3 is 89.0 Å². The highest BCUT2D eigenvalue weighted by Gasteiger charge is 2.74. The van der Waals surface area contributed by atoms with Gasteiger partial charge in [-0.1, -0.05) is 39.3 Å². The zero-order valence-corrected chi connectivity index (χ0v) is 40.1. The first-order chi connectivity index (χ1) is 31.4. The number of rotatable bonds is 12. The molecule has 0 aromatic heterocycles. The Hall–Kier alpha value is -1.47. The second-order valence-electron chi connectivity index (χ2n) is 22.9. The predicted molar refractivity (Wildman–Crippen MR) is 232 cm³/mol. The smallest absolute Gasteiger partial charge is 0.306 e. The molecule has 5 aliphatic heterocycles. The second-order valence-corrected chi connectivity index (χ2v) is 22.9. The molecule has 0 aromatic carbocycles. The summed E-state index contributed by atoms with van der Waals surface area (Å²) < 4.78 is 49.7. The van der Waals surface area contributed by atoms with Gasteiger partial charge in [-0.15, -0.1) is 0 Å². The third-order valence-corrected chi connectivity index (χ3v) is 18.3. The number of allylic oxidation sites excluding steroid dienone is 1. The normalized spacial score (nSPS) is 53.3. The molecule has 5 saturated heterocycles. The lowest BCUT2D eigenvalue weighted by atomic mass is 9.34. The van der Waals surface area contributed by atoms with Crippen LogP contribution >= 0.6 is 0 Å². The van der Waals surface area contributed by atoms with Crippen molar-refractivity contribution in [3.8, 4) is 0 Å². The number of hydrogen-bond donors (Lipinski definition) is 10. The summed E-state index contributed by atoms with van der Waals surface area (Å²) in [5, 5.41) is 108. The molecule has 0 aromatic rings. The number of carbonyl (C=O) groups excluding carboxylic acids is 1. The van der Waals surface area contributed by atoms with E-state index >= 15 is 0 Å². The summed E-state index contributed by atoms with van der Waals surface area (Å²) in [5.41, 5.74) is -1.02. The van der Waals surface area contributed by atoms with Gasteiger partial charge in [-0.3, -0.25) is 4.79 Å². The van der Waals surface area contributed by atoms with Gasteiger partial charge in [-0.2, -0.15) is 0 Å². The van der Waals surface area contributed by atoms with Gasteiger partial charge >= 0.3 is 5.97 Å². The second kappa shape index (κ2) is 18.9. The van der Waals surface area contributed by atoms with E-state index in [-0.39, 0.29) is 40.7 Å². The number of ether oxygens (including phenoxy) is 8. The minimum atomic E-state index is -1.88. The van der Waals surface area contributed by atoms with E-state index in [0.29, 0.717) is 25.9 Å². The molecule has 3 aliphatic carbocycles. The molecule has 5 heterocycles. The van der Waals surface area contributed by atoms with Crippen molar-refractivity contribution in [3.63, 3.8) is 0 Å². The van der Waals surface area contributed by atoms with Gasteiger partial charge in [-0.05, 0) is 100 Å². The molecule has 8 aliphatic rings. The van der Waals surface area contributed by atoms with Gasteiger partial charge in [0.2, 0.25) is 0 Å². The van der Waals surface area contributed by atoms with Crippen molar-refractivity contribution < 1.29 is 93.8 Å².